The highest BCUT2D eigenvalue weighted by Crippen LogP contribution is 2.26. The minimum absolute atomic E-state index is 0.654. The van der Waals surface area contributed by atoms with Crippen LogP contribution in [0.2, 0.25) is 5.02 Å². The van der Waals surface area contributed by atoms with E-state index in [0.29, 0.717) is 12.1 Å². The van der Waals surface area contributed by atoms with Gasteiger partial charge in [0.1, 0.15) is 12.4 Å². The molecule has 4 rings (SSSR count). The van der Waals surface area contributed by atoms with Crippen molar-refractivity contribution in [2.45, 2.75) is 45.2 Å². The molecule has 1 saturated heterocycles. The zero-order valence-electron chi connectivity index (χ0n) is 17.7. The summed E-state index contributed by atoms with van der Waals surface area (Å²) >= 11 is 5.97. The van der Waals surface area contributed by atoms with Crippen molar-refractivity contribution in [2.75, 3.05) is 13.2 Å². The largest absolute Gasteiger partial charge is 0.492 e. The molecule has 2 unspecified atom stereocenters. The minimum atomic E-state index is 0.654. The molecule has 2 aromatic carbocycles. The molecule has 1 aromatic heterocycles. The van der Waals surface area contributed by atoms with Crippen molar-refractivity contribution in [3.63, 3.8) is 0 Å². The fourth-order valence-electron chi connectivity index (χ4n) is 4.28. The number of nitrogens with zero attached hydrogens (tertiary/aromatic N) is 2. The Labute approximate surface area is 184 Å². The van der Waals surface area contributed by atoms with Crippen LogP contribution in [0.25, 0.3) is 22.4 Å². The summed E-state index contributed by atoms with van der Waals surface area (Å²) in [6.07, 6.45) is 5.84. The van der Waals surface area contributed by atoms with Gasteiger partial charge in [-0.3, -0.25) is 9.88 Å². The Balaban J connectivity index is 1.34. The molecule has 0 amide bonds. The number of likely N-dealkylation sites (tertiary alicyclic amines) is 1. The van der Waals surface area contributed by atoms with Crippen molar-refractivity contribution in [2.24, 2.45) is 0 Å². The average Bonchev–Trinajstić information content (AvgIpc) is 2.77. The quantitative estimate of drug-likeness (QED) is 0.443. The molecular weight excluding hydrogens is 392 g/mol. The van der Waals surface area contributed by atoms with Crippen LogP contribution in [0.4, 0.5) is 0 Å². The van der Waals surface area contributed by atoms with E-state index in [2.05, 4.69) is 48.0 Å². The normalized spacial score (nSPS) is 19.6. The number of aromatic nitrogens is 1. The lowest BCUT2D eigenvalue weighted by Crippen LogP contribution is -2.45. The topological polar surface area (TPSA) is 25.4 Å². The third-order valence-electron chi connectivity index (χ3n) is 6.09. The summed E-state index contributed by atoms with van der Waals surface area (Å²) in [5.41, 5.74) is 4.23. The van der Waals surface area contributed by atoms with Gasteiger partial charge in [0.25, 0.3) is 0 Å². The molecule has 4 heteroatoms. The minimum Gasteiger partial charge on any atom is -0.492 e. The van der Waals surface area contributed by atoms with E-state index in [-0.39, 0.29) is 0 Å². The van der Waals surface area contributed by atoms with Crippen LogP contribution in [-0.2, 0) is 0 Å². The molecule has 0 N–H and O–H groups in total. The first-order chi connectivity index (χ1) is 14.6. The number of benzene rings is 2. The molecule has 1 fully saturated rings. The van der Waals surface area contributed by atoms with E-state index in [9.17, 15) is 0 Å². The van der Waals surface area contributed by atoms with Crippen LogP contribution in [0.1, 0.15) is 33.1 Å². The molecule has 3 aromatic rings. The van der Waals surface area contributed by atoms with Crippen molar-refractivity contribution in [1.82, 2.24) is 9.88 Å². The Morgan fingerprint density at radius 3 is 2.13 bits per heavy atom. The van der Waals surface area contributed by atoms with E-state index >= 15 is 0 Å². The van der Waals surface area contributed by atoms with Crippen LogP contribution in [0.3, 0.4) is 0 Å². The van der Waals surface area contributed by atoms with Gasteiger partial charge < -0.3 is 4.74 Å². The molecule has 3 nitrogen and oxygen atoms in total. The second-order valence-electron chi connectivity index (χ2n) is 8.18. The molecule has 30 heavy (non-hydrogen) atoms. The van der Waals surface area contributed by atoms with E-state index in [1.165, 1.54) is 19.3 Å². The van der Waals surface area contributed by atoms with Gasteiger partial charge in [-0.05, 0) is 74.7 Å². The van der Waals surface area contributed by atoms with Gasteiger partial charge in [0, 0.05) is 41.0 Å². The molecular formula is C26H29ClN2O. The van der Waals surface area contributed by atoms with Gasteiger partial charge in [-0.15, -0.1) is 0 Å². The SMILES string of the molecule is CC1CCCC(C)N1CCOc1ccc(-c2ccc(-c3ccc(Cl)cc3)cn2)cc1. The van der Waals surface area contributed by atoms with Gasteiger partial charge in [0.15, 0.2) is 0 Å². The van der Waals surface area contributed by atoms with Crippen LogP contribution in [0.5, 0.6) is 5.75 Å². The number of hydrogen-bond donors (Lipinski definition) is 0. The van der Waals surface area contributed by atoms with Crippen molar-refractivity contribution >= 4 is 11.6 Å². The molecule has 0 aliphatic carbocycles. The van der Waals surface area contributed by atoms with E-state index in [1.54, 1.807) is 0 Å². The average molecular weight is 421 g/mol. The number of ether oxygens (including phenoxy) is 1. The Morgan fingerprint density at radius 2 is 1.50 bits per heavy atom. The predicted molar refractivity (Wildman–Crippen MR) is 125 cm³/mol. The van der Waals surface area contributed by atoms with Crippen LogP contribution in [0.15, 0.2) is 66.9 Å². The lowest BCUT2D eigenvalue weighted by molar-refractivity contribution is 0.0851. The predicted octanol–water partition coefficient (Wildman–Crippen LogP) is 6.71. The fourth-order valence-corrected chi connectivity index (χ4v) is 4.41. The van der Waals surface area contributed by atoms with Gasteiger partial charge >= 0.3 is 0 Å². The Bertz CT molecular complexity index is 928. The fraction of sp³-hybridized carbons (Fsp3) is 0.346. The number of pyridine rings is 1. The smallest absolute Gasteiger partial charge is 0.119 e. The maximum atomic E-state index is 6.01. The monoisotopic (exact) mass is 420 g/mol. The van der Waals surface area contributed by atoms with E-state index in [1.807, 2.05) is 42.6 Å². The zero-order valence-corrected chi connectivity index (χ0v) is 18.5. The Morgan fingerprint density at radius 1 is 0.867 bits per heavy atom. The van der Waals surface area contributed by atoms with Gasteiger partial charge in [0.2, 0.25) is 0 Å². The standard InChI is InChI=1S/C26H29ClN2O/c1-19-4-3-5-20(2)29(19)16-17-30-25-13-8-22(9-14-25)26-15-10-23(18-28-26)21-6-11-24(27)12-7-21/h6-15,18-20H,3-5,16-17H2,1-2H3. The lowest BCUT2D eigenvalue weighted by atomic mass is 9.98. The molecule has 1 aliphatic heterocycles. The summed E-state index contributed by atoms with van der Waals surface area (Å²) in [5.74, 6) is 0.911. The van der Waals surface area contributed by atoms with Crippen molar-refractivity contribution in [3.8, 4) is 28.1 Å². The Hall–Kier alpha value is -2.36. The molecule has 156 valence electrons. The second-order valence-corrected chi connectivity index (χ2v) is 8.62. The highest BCUT2D eigenvalue weighted by molar-refractivity contribution is 6.30. The summed E-state index contributed by atoms with van der Waals surface area (Å²) in [4.78, 5) is 7.21. The zero-order chi connectivity index (χ0) is 20.9. The maximum absolute atomic E-state index is 6.01. The molecule has 0 radical (unpaired) electrons. The van der Waals surface area contributed by atoms with Crippen molar-refractivity contribution < 1.29 is 4.74 Å². The first-order valence-corrected chi connectivity index (χ1v) is 11.2. The first kappa shape index (κ1) is 20.9. The third kappa shape index (κ3) is 5.03. The highest BCUT2D eigenvalue weighted by atomic mass is 35.5. The number of hydrogen-bond acceptors (Lipinski definition) is 3. The Kier molecular flexibility index (Phi) is 6.71. The number of piperidine rings is 1. The van der Waals surface area contributed by atoms with Crippen LogP contribution < -0.4 is 4.74 Å². The number of halogens is 1. The van der Waals surface area contributed by atoms with Gasteiger partial charge in [0.05, 0.1) is 5.69 Å². The molecule has 0 saturated carbocycles. The summed E-state index contributed by atoms with van der Waals surface area (Å²) < 4.78 is 6.01. The van der Waals surface area contributed by atoms with Crippen molar-refractivity contribution in [3.05, 3.63) is 71.9 Å². The molecule has 2 heterocycles. The summed E-state index contributed by atoms with van der Waals surface area (Å²) in [6.45, 7) is 6.37. The van der Waals surface area contributed by atoms with Crippen LogP contribution in [-0.4, -0.2) is 35.1 Å². The van der Waals surface area contributed by atoms with E-state index in [4.69, 9.17) is 16.3 Å². The summed E-state index contributed by atoms with van der Waals surface area (Å²) in [5, 5.41) is 0.741. The molecule has 0 bridgehead atoms. The van der Waals surface area contributed by atoms with Gasteiger partial charge in [-0.2, -0.15) is 0 Å². The van der Waals surface area contributed by atoms with Crippen LogP contribution >= 0.6 is 11.6 Å². The highest BCUT2D eigenvalue weighted by Gasteiger charge is 2.24. The molecule has 1 aliphatic rings. The maximum Gasteiger partial charge on any atom is 0.119 e. The van der Waals surface area contributed by atoms with Crippen LogP contribution in [0, 0.1) is 0 Å². The van der Waals surface area contributed by atoms with E-state index in [0.717, 1.165) is 46.3 Å². The number of rotatable bonds is 6. The molecule has 2 atom stereocenters. The molecule has 0 spiro atoms. The van der Waals surface area contributed by atoms with Gasteiger partial charge in [-0.25, -0.2) is 0 Å². The van der Waals surface area contributed by atoms with E-state index < -0.39 is 0 Å². The third-order valence-corrected chi connectivity index (χ3v) is 6.34. The second kappa shape index (κ2) is 9.63. The summed E-state index contributed by atoms with van der Waals surface area (Å²) in [6, 6.07) is 21.5. The first-order valence-electron chi connectivity index (χ1n) is 10.8. The van der Waals surface area contributed by atoms with Crippen molar-refractivity contribution in [1.29, 1.82) is 0 Å². The van der Waals surface area contributed by atoms with Gasteiger partial charge in [-0.1, -0.05) is 36.2 Å². The summed E-state index contributed by atoms with van der Waals surface area (Å²) in [7, 11) is 0. The lowest BCUT2D eigenvalue weighted by Gasteiger charge is -2.38.